The van der Waals surface area contributed by atoms with Gasteiger partial charge in [0.15, 0.2) is 6.10 Å². The normalized spacial score (nSPS) is 12.3. The molecule has 6 heteroatoms. The third kappa shape index (κ3) is 52.3. The van der Waals surface area contributed by atoms with E-state index in [1.807, 2.05) is 0 Å². The van der Waals surface area contributed by atoms with E-state index >= 15 is 0 Å². The Morgan fingerprint density at radius 1 is 0.303 bits per heavy atom. The van der Waals surface area contributed by atoms with Crippen LogP contribution < -0.4 is 0 Å². The Balaban J connectivity index is 4.35. The zero-order chi connectivity index (χ0) is 47.9. The lowest BCUT2D eigenvalue weighted by Crippen LogP contribution is -2.30. The van der Waals surface area contributed by atoms with Crippen molar-refractivity contribution in [1.82, 2.24) is 0 Å². The van der Waals surface area contributed by atoms with Gasteiger partial charge in [-0.25, -0.2) is 0 Å². The third-order valence-electron chi connectivity index (χ3n) is 12.5. The molecule has 0 bridgehead atoms. The van der Waals surface area contributed by atoms with Crippen molar-refractivity contribution >= 4 is 17.9 Å². The molecule has 0 aliphatic heterocycles. The zero-order valence-corrected chi connectivity index (χ0v) is 44.0. The maximum atomic E-state index is 12.8. The van der Waals surface area contributed by atoms with Gasteiger partial charge in [-0.1, -0.05) is 249 Å². The van der Waals surface area contributed by atoms with Crippen LogP contribution in [0.2, 0.25) is 0 Å². The highest BCUT2D eigenvalue weighted by Gasteiger charge is 2.19. The van der Waals surface area contributed by atoms with Crippen LogP contribution in [-0.2, 0) is 28.6 Å². The molecular formula is C60H108O6. The van der Waals surface area contributed by atoms with Crippen molar-refractivity contribution in [1.29, 1.82) is 0 Å². The van der Waals surface area contributed by atoms with E-state index in [-0.39, 0.29) is 31.1 Å². The number of unbranched alkanes of at least 4 members (excludes halogenated alkanes) is 33. The van der Waals surface area contributed by atoms with Crippen molar-refractivity contribution < 1.29 is 28.6 Å². The van der Waals surface area contributed by atoms with Crippen LogP contribution in [0.5, 0.6) is 0 Å². The van der Waals surface area contributed by atoms with Gasteiger partial charge in [-0.05, 0) is 77.0 Å². The number of carbonyl (C=O) groups excluding carboxylic acids is 3. The maximum absolute atomic E-state index is 12.8. The Morgan fingerprint density at radius 3 is 0.909 bits per heavy atom. The number of hydrogen-bond donors (Lipinski definition) is 0. The Bertz CT molecular complexity index is 1150. The molecule has 0 aliphatic rings. The lowest BCUT2D eigenvalue weighted by atomic mass is 10.0. The molecule has 0 heterocycles. The molecule has 66 heavy (non-hydrogen) atoms. The quantitative estimate of drug-likeness (QED) is 0.0262. The first kappa shape index (κ1) is 63.4. The van der Waals surface area contributed by atoms with Gasteiger partial charge in [0, 0.05) is 19.3 Å². The molecule has 0 fully saturated rings. The average molecular weight is 926 g/mol. The summed E-state index contributed by atoms with van der Waals surface area (Å²) in [5, 5.41) is 0. The van der Waals surface area contributed by atoms with Gasteiger partial charge in [0.05, 0.1) is 0 Å². The van der Waals surface area contributed by atoms with Crippen molar-refractivity contribution in [3.8, 4) is 0 Å². The lowest BCUT2D eigenvalue weighted by molar-refractivity contribution is -0.167. The van der Waals surface area contributed by atoms with Gasteiger partial charge >= 0.3 is 17.9 Å². The highest BCUT2D eigenvalue weighted by Crippen LogP contribution is 2.16. The Labute approximate surface area is 409 Å². The zero-order valence-electron chi connectivity index (χ0n) is 44.0. The number of allylic oxidation sites excluding steroid dienone is 8. The average Bonchev–Trinajstić information content (AvgIpc) is 3.31. The summed E-state index contributed by atoms with van der Waals surface area (Å²) in [5.41, 5.74) is 0. The summed E-state index contributed by atoms with van der Waals surface area (Å²) in [4.78, 5) is 38.1. The van der Waals surface area contributed by atoms with E-state index in [0.717, 1.165) is 109 Å². The van der Waals surface area contributed by atoms with Gasteiger partial charge in [-0.2, -0.15) is 0 Å². The predicted molar refractivity (Wildman–Crippen MR) is 284 cm³/mol. The fourth-order valence-electron chi connectivity index (χ4n) is 8.22. The Hall–Kier alpha value is -2.63. The van der Waals surface area contributed by atoms with Crippen molar-refractivity contribution in [2.45, 2.75) is 303 Å². The molecule has 0 amide bonds. The molecule has 0 aromatic heterocycles. The van der Waals surface area contributed by atoms with Crippen LogP contribution in [0.4, 0.5) is 0 Å². The Kier molecular flexibility index (Phi) is 52.8. The van der Waals surface area contributed by atoms with E-state index in [1.54, 1.807) is 0 Å². The van der Waals surface area contributed by atoms with Gasteiger partial charge < -0.3 is 14.2 Å². The minimum absolute atomic E-state index is 0.0806. The molecular weight excluding hydrogens is 817 g/mol. The molecule has 0 aromatic rings. The van der Waals surface area contributed by atoms with Crippen LogP contribution in [0.15, 0.2) is 48.6 Å². The summed E-state index contributed by atoms with van der Waals surface area (Å²) in [7, 11) is 0. The number of carbonyl (C=O) groups is 3. The molecule has 0 aliphatic carbocycles. The highest BCUT2D eigenvalue weighted by molar-refractivity contribution is 5.71. The largest absolute Gasteiger partial charge is 0.462 e. The van der Waals surface area contributed by atoms with E-state index in [4.69, 9.17) is 14.2 Å². The van der Waals surface area contributed by atoms with Crippen LogP contribution >= 0.6 is 0 Å². The summed E-state index contributed by atoms with van der Waals surface area (Å²) in [6, 6.07) is 0. The van der Waals surface area contributed by atoms with Crippen molar-refractivity contribution in [3.63, 3.8) is 0 Å². The topological polar surface area (TPSA) is 78.9 Å². The monoisotopic (exact) mass is 925 g/mol. The third-order valence-corrected chi connectivity index (χ3v) is 12.5. The summed E-state index contributed by atoms with van der Waals surface area (Å²) >= 11 is 0. The number of hydrogen-bond acceptors (Lipinski definition) is 6. The molecule has 6 nitrogen and oxygen atoms in total. The molecule has 0 rings (SSSR count). The van der Waals surface area contributed by atoms with Crippen molar-refractivity contribution in [3.05, 3.63) is 48.6 Å². The molecule has 0 saturated carbocycles. The molecule has 0 spiro atoms. The second-order valence-electron chi connectivity index (χ2n) is 19.2. The molecule has 0 aromatic carbocycles. The summed E-state index contributed by atoms with van der Waals surface area (Å²) in [5.74, 6) is -0.896. The van der Waals surface area contributed by atoms with E-state index in [0.29, 0.717) is 19.3 Å². The fourth-order valence-corrected chi connectivity index (χ4v) is 8.22. The SMILES string of the molecule is CCC/C=C\C/C=C\CCCCCCCC(=O)OCC(COC(=O)CCCCCCCCCCCCCCCCCCCCC)OC(=O)CCCCCCC/C=C\C/C=C\CCCCCC. The predicted octanol–water partition coefficient (Wildman–Crippen LogP) is 19.0. The van der Waals surface area contributed by atoms with Crippen molar-refractivity contribution in [2.75, 3.05) is 13.2 Å². The molecule has 0 saturated heterocycles. The van der Waals surface area contributed by atoms with Crippen LogP contribution in [-0.4, -0.2) is 37.2 Å². The maximum Gasteiger partial charge on any atom is 0.306 e. The minimum Gasteiger partial charge on any atom is -0.462 e. The first-order valence-corrected chi connectivity index (χ1v) is 28.6. The number of rotatable bonds is 52. The molecule has 1 atom stereocenters. The van der Waals surface area contributed by atoms with E-state index < -0.39 is 6.10 Å². The molecule has 0 N–H and O–H groups in total. The highest BCUT2D eigenvalue weighted by atomic mass is 16.6. The Morgan fingerprint density at radius 2 is 0.576 bits per heavy atom. The first-order valence-electron chi connectivity index (χ1n) is 28.6. The number of ether oxygens (including phenoxy) is 3. The molecule has 384 valence electrons. The number of esters is 3. The lowest BCUT2D eigenvalue weighted by Gasteiger charge is -2.18. The standard InChI is InChI=1S/C60H108O6/c1-4-7-10-13-16-19-22-25-27-29-30-31-33-35-38-41-44-47-50-53-59(62)65-56-57(55-64-58(61)52-49-46-43-40-37-34-24-21-18-15-12-9-6-3)66-60(63)54-51-48-45-42-39-36-32-28-26-23-20-17-14-11-8-5-2/h12,15,20-21,23-24,28,32,57H,4-11,13-14,16-19,22,25-27,29-31,33-56H2,1-3H3/b15-12-,23-20-,24-21-,32-28-. The fraction of sp³-hybridized carbons (Fsp3) is 0.817. The van der Waals surface area contributed by atoms with Crippen LogP contribution in [0.1, 0.15) is 297 Å². The second-order valence-corrected chi connectivity index (χ2v) is 19.2. The van der Waals surface area contributed by atoms with Gasteiger partial charge in [0.2, 0.25) is 0 Å². The van der Waals surface area contributed by atoms with Gasteiger partial charge in [-0.3, -0.25) is 14.4 Å². The minimum atomic E-state index is -0.784. The summed E-state index contributed by atoms with van der Waals surface area (Å²) in [6.45, 7) is 6.57. The van der Waals surface area contributed by atoms with Gasteiger partial charge in [-0.15, -0.1) is 0 Å². The second kappa shape index (κ2) is 55.0. The summed E-state index contributed by atoms with van der Waals surface area (Å²) in [6.07, 6.45) is 66.7. The van der Waals surface area contributed by atoms with E-state index in [1.165, 1.54) is 148 Å². The molecule has 0 radical (unpaired) electrons. The van der Waals surface area contributed by atoms with Crippen LogP contribution in [0, 0.1) is 0 Å². The van der Waals surface area contributed by atoms with Crippen LogP contribution in [0.3, 0.4) is 0 Å². The van der Waals surface area contributed by atoms with Gasteiger partial charge in [0.25, 0.3) is 0 Å². The van der Waals surface area contributed by atoms with Crippen LogP contribution in [0.25, 0.3) is 0 Å². The first-order chi connectivity index (χ1) is 32.5. The van der Waals surface area contributed by atoms with Gasteiger partial charge in [0.1, 0.15) is 13.2 Å². The summed E-state index contributed by atoms with van der Waals surface area (Å²) < 4.78 is 16.8. The van der Waals surface area contributed by atoms with E-state index in [2.05, 4.69) is 69.4 Å². The smallest absolute Gasteiger partial charge is 0.306 e. The molecule has 1 unspecified atom stereocenters. The van der Waals surface area contributed by atoms with Crippen molar-refractivity contribution in [2.24, 2.45) is 0 Å². The van der Waals surface area contributed by atoms with E-state index in [9.17, 15) is 14.4 Å².